The lowest BCUT2D eigenvalue weighted by atomic mass is 9.99. The van der Waals surface area contributed by atoms with Crippen molar-refractivity contribution in [3.8, 4) is 0 Å². The average molecular weight is 990 g/mol. The van der Waals surface area contributed by atoms with Gasteiger partial charge in [0.05, 0.1) is 0 Å². The van der Waals surface area contributed by atoms with Crippen LogP contribution in [0.4, 0.5) is 0 Å². The Kier molecular flexibility index (Phi) is 55.4. The fourth-order valence-corrected chi connectivity index (χ4v) is 9.87. The minimum absolute atomic E-state index is 0.0619. The van der Waals surface area contributed by atoms with E-state index < -0.39 is 6.10 Å². The number of hydrogen-bond acceptors (Lipinski definition) is 6. The van der Waals surface area contributed by atoms with E-state index in [1.807, 2.05) is 0 Å². The number of ether oxygens (including phenoxy) is 3. The van der Waals surface area contributed by atoms with E-state index in [0.29, 0.717) is 19.3 Å². The van der Waals surface area contributed by atoms with Crippen LogP contribution in [0.25, 0.3) is 0 Å². The van der Waals surface area contributed by atoms with Crippen LogP contribution in [0.15, 0.2) is 0 Å². The third-order valence-corrected chi connectivity index (χ3v) is 15.4. The van der Waals surface area contributed by atoms with Crippen molar-refractivity contribution in [3.05, 3.63) is 0 Å². The van der Waals surface area contributed by atoms with Crippen LogP contribution in [-0.4, -0.2) is 37.2 Å². The third kappa shape index (κ3) is 54.2. The molecule has 70 heavy (non-hydrogen) atoms. The molecule has 0 saturated heterocycles. The zero-order valence-corrected chi connectivity index (χ0v) is 48.2. The van der Waals surface area contributed by atoms with Crippen LogP contribution < -0.4 is 0 Å². The summed E-state index contributed by atoms with van der Waals surface area (Å²) in [5.41, 5.74) is 0. The van der Waals surface area contributed by atoms with Crippen LogP contribution in [0.2, 0.25) is 0 Å². The lowest BCUT2D eigenvalue weighted by Gasteiger charge is -2.18. The van der Waals surface area contributed by atoms with Crippen LogP contribution in [0, 0.1) is 11.8 Å². The van der Waals surface area contributed by atoms with E-state index >= 15 is 0 Å². The predicted octanol–water partition coefficient (Wildman–Crippen LogP) is 21.2. The van der Waals surface area contributed by atoms with E-state index in [9.17, 15) is 14.4 Å². The first kappa shape index (κ1) is 68.4. The van der Waals surface area contributed by atoms with Gasteiger partial charge in [0.15, 0.2) is 6.10 Å². The number of carbonyl (C=O) groups is 3. The van der Waals surface area contributed by atoms with Crippen LogP contribution >= 0.6 is 0 Å². The Labute approximate surface area is 438 Å². The van der Waals surface area contributed by atoms with Crippen molar-refractivity contribution in [3.63, 3.8) is 0 Å². The number of rotatable bonds is 58. The molecule has 0 radical (unpaired) electrons. The molecule has 6 heteroatoms. The lowest BCUT2D eigenvalue weighted by Crippen LogP contribution is -2.30. The molecule has 3 atom stereocenters. The van der Waals surface area contributed by atoms with Crippen LogP contribution in [-0.2, 0) is 28.6 Å². The van der Waals surface area contributed by atoms with Crippen molar-refractivity contribution in [1.82, 2.24) is 0 Å². The fourth-order valence-electron chi connectivity index (χ4n) is 9.87. The summed E-state index contributed by atoms with van der Waals surface area (Å²) in [5, 5.41) is 0. The van der Waals surface area contributed by atoms with E-state index in [-0.39, 0.29) is 31.1 Å². The predicted molar refractivity (Wildman–Crippen MR) is 303 cm³/mol. The molecule has 0 aromatic rings. The molecule has 0 amide bonds. The Bertz CT molecular complexity index is 1080. The van der Waals surface area contributed by atoms with Gasteiger partial charge in [0.2, 0.25) is 0 Å². The minimum atomic E-state index is -0.763. The first-order valence-corrected chi connectivity index (χ1v) is 31.8. The fraction of sp³-hybridized carbons (Fsp3) is 0.953. The molecule has 0 heterocycles. The SMILES string of the molecule is CCCCCCCCCCCCCCC(=O)O[C@H](COC(=O)CCCCCCCCCCCCCCCCCCCCC(C)CC)COC(=O)CCCCCCCCCCCCCCCCC(C)CC. The molecule has 0 saturated carbocycles. The van der Waals surface area contributed by atoms with E-state index in [0.717, 1.165) is 69.6 Å². The first-order chi connectivity index (χ1) is 34.3. The van der Waals surface area contributed by atoms with Crippen molar-refractivity contribution >= 4 is 17.9 Å². The molecule has 0 bridgehead atoms. The largest absolute Gasteiger partial charge is 0.462 e. The summed E-state index contributed by atoms with van der Waals surface area (Å²) in [6.07, 6.45) is 62.3. The monoisotopic (exact) mass is 989 g/mol. The van der Waals surface area contributed by atoms with E-state index in [1.165, 1.54) is 250 Å². The van der Waals surface area contributed by atoms with Gasteiger partial charge in [-0.25, -0.2) is 0 Å². The average Bonchev–Trinajstić information content (AvgIpc) is 3.36. The van der Waals surface area contributed by atoms with Gasteiger partial charge in [-0.1, -0.05) is 324 Å². The highest BCUT2D eigenvalue weighted by molar-refractivity contribution is 5.71. The Balaban J connectivity index is 4.21. The molecule has 2 unspecified atom stereocenters. The highest BCUT2D eigenvalue weighted by Crippen LogP contribution is 2.20. The van der Waals surface area contributed by atoms with Gasteiger partial charge in [0, 0.05) is 19.3 Å². The van der Waals surface area contributed by atoms with Gasteiger partial charge in [0.1, 0.15) is 13.2 Å². The Morgan fingerprint density at radius 2 is 0.500 bits per heavy atom. The molecule has 0 aliphatic heterocycles. The molecule has 6 nitrogen and oxygen atoms in total. The van der Waals surface area contributed by atoms with Gasteiger partial charge >= 0.3 is 17.9 Å². The number of hydrogen-bond donors (Lipinski definition) is 0. The summed E-state index contributed by atoms with van der Waals surface area (Å²) in [5.74, 6) is 0.973. The molecule has 0 aliphatic carbocycles. The van der Waals surface area contributed by atoms with Crippen molar-refractivity contribution in [2.24, 2.45) is 11.8 Å². The summed E-state index contributed by atoms with van der Waals surface area (Å²) in [6.45, 7) is 11.5. The van der Waals surface area contributed by atoms with Crippen molar-refractivity contribution in [1.29, 1.82) is 0 Å². The topological polar surface area (TPSA) is 78.9 Å². The third-order valence-electron chi connectivity index (χ3n) is 15.4. The van der Waals surface area contributed by atoms with Gasteiger partial charge in [-0.05, 0) is 31.1 Å². The van der Waals surface area contributed by atoms with Crippen molar-refractivity contribution in [2.75, 3.05) is 13.2 Å². The van der Waals surface area contributed by atoms with Crippen LogP contribution in [0.1, 0.15) is 362 Å². The minimum Gasteiger partial charge on any atom is -0.462 e. The number of esters is 3. The summed E-state index contributed by atoms with van der Waals surface area (Å²) >= 11 is 0. The normalized spacial score (nSPS) is 12.8. The highest BCUT2D eigenvalue weighted by atomic mass is 16.6. The van der Waals surface area contributed by atoms with E-state index in [2.05, 4.69) is 34.6 Å². The molecular formula is C64H124O6. The van der Waals surface area contributed by atoms with Crippen LogP contribution in [0.3, 0.4) is 0 Å². The molecule has 0 fully saturated rings. The second kappa shape index (κ2) is 56.7. The summed E-state index contributed by atoms with van der Waals surface area (Å²) in [7, 11) is 0. The molecule has 0 spiro atoms. The molecule has 0 aliphatic rings. The summed E-state index contributed by atoms with van der Waals surface area (Å²) < 4.78 is 16.9. The molecule has 0 aromatic heterocycles. The zero-order chi connectivity index (χ0) is 51.1. The van der Waals surface area contributed by atoms with Gasteiger partial charge in [-0.2, -0.15) is 0 Å². The maximum atomic E-state index is 12.9. The van der Waals surface area contributed by atoms with Crippen molar-refractivity contribution in [2.45, 2.75) is 368 Å². The van der Waals surface area contributed by atoms with Crippen LogP contribution in [0.5, 0.6) is 0 Å². The summed E-state index contributed by atoms with van der Waals surface area (Å²) in [6, 6.07) is 0. The van der Waals surface area contributed by atoms with Gasteiger partial charge in [0.25, 0.3) is 0 Å². The highest BCUT2D eigenvalue weighted by Gasteiger charge is 2.19. The van der Waals surface area contributed by atoms with Gasteiger partial charge in [-0.15, -0.1) is 0 Å². The number of unbranched alkanes of at least 4 members (excludes halogenated alkanes) is 41. The second-order valence-corrected chi connectivity index (χ2v) is 22.5. The van der Waals surface area contributed by atoms with Gasteiger partial charge in [-0.3, -0.25) is 14.4 Å². The van der Waals surface area contributed by atoms with E-state index in [1.54, 1.807) is 0 Å². The van der Waals surface area contributed by atoms with Crippen molar-refractivity contribution < 1.29 is 28.6 Å². The molecule has 0 rings (SSSR count). The van der Waals surface area contributed by atoms with Gasteiger partial charge < -0.3 is 14.2 Å². The number of carbonyl (C=O) groups excluding carboxylic acids is 3. The lowest BCUT2D eigenvalue weighted by molar-refractivity contribution is -0.167. The molecule has 0 N–H and O–H groups in total. The Morgan fingerprint density at radius 3 is 0.743 bits per heavy atom. The Morgan fingerprint density at radius 1 is 0.286 bits per heavy atom. The standard InChI is InChI=1S/C64H124O6/c1-6-9-10-11-12-13-14-29-36-41-46-51-56-64(67)70-61(58-69-63(66)55-50-45-40-35-31-26-22-21-24-28-33-38-43-48-53-60(5)8-3)57-68-62(65)54-49-44-39-34-30-25-20-18-16-15-17-19-23-27-32-37-42-47-52-59(4)7-2/h59-61H,6-58H2,1-5H3/t59?,60?,61-/m1/s1. The summed E-state index contributed by atoms with van der Waals surface area (Å²) in [4.78, 5) is 38.2. The first-order valence-electron chi connectivity index (χ1n) is 31.8. The molecule has 416 valence electrons. The zero-order valence-electron chi connectivity index (χ0n) is 48.2. The molecule has 0 aromatic carbocycles. The Hall–Kier alpha value is -1.59. The maximum absolute atomic E-state index is 12.9. The quantitative estimate of drug-likeness (QED) is 0.0343. The van der Waals surface area contributed by atoms with E-state index in [4.69, 9.17) is 14.2 Å². The molecular weight excluding hydrogens is 865 g/mol. The maximum Gasteiger partial charge on any atom is 0.306 e. The second-order valence-electron chi connectivity index (χ2n) is 22.5. The smallest absolute Gasteiger partial charge is 0.306 e.